The molecule has 0 radical (unpaired) electrons. The van der Waals surface area contributed by atoms with Gasteiger partial charge in [0.15, 0.2) is 35.1 Å². The summed E-state index contributed by atoms with van der Waals surface area (Å²) >= 11 is 2.32. The van der Waals surface area contributed by atoms with Crippen molar-refractivity contribution in [3.05, 3.63) is 259 Å². The van der Waals surface area contributed by atoms with Gasteiger partial charge in [-0.1, -0.05) is 140 Å². The monoisotopic (exact) mass is 1980 g/mol. The zero-order valence-electron chi connectivity index (χ0n) is 82.0. The molecule has 4 amide bonds. The fraction of sp³-hybridized carbons (Fsp3) is 0.386. The molecule has 13 aromatic rings. The maximum Gasteiger partial charge on any atom is 0.340 e. The van der Waals surface area contributed by atoms with Gasteiger partial charge in [-0.3, -0.25) is 48.6 Å². The van der Waals surface area contributed by atoms with Crippen LogP contribution in [-0.4, -0.2) is 259 Å². The molecule has 10 atom stereocenters. The van der Waals surface area contributed by atoms with Crippen LogP contribution in [0.15, 0.2) is 205 Å². The molecule has 744 valence electrons. The predicted octanol–water partition coefficient (Wildman–Crippen LogP) is 18.4. The highest BCUT2D eigenvalue weighted by Crippen LogP contribution is 2.60. The number of thiophene rings is 2. The Kier molecular flexibility index (Phi) is 25.3. The number of imide groups is 2. The first-order valence-electron chi connectivity index (χ1n) is 49.4. The van der Waals surface area contributed by atoms with Crippen molar-refractivity contribution < 1.29 is 105 Å². The summed E-state index contributed by atoms with van der Waals surface area (Å²) in [5, 5.41) is 5.09. The van der Waals surface area contributed by atoms with Gasteiger partial charge in [-0.05, 0) is 142 Å². The molecule has 12 heterocycles. The number of nitrogens with zero attached hydrogens (tertiary/aromatic N) is 6. The van der Waals surface area contributed by atoms with Crippen LogP contribution >= 0.6 is 22.7 Å². The number of rotatable bonds is 46. The predicted molar refractivity (Wildman–Crippen MR) is 542 cm³/mol. The largest absolute Gasteiger partial charge is 0.493 e. The number of methoxy groups -OCH3 is 2. The van der Waals surface area contributed by atoms with E-state index in [9.17, 15) is 0 Å². The van der Waals surface area contributed by atoms with Crippen molar-refractivity contribution >= 4 is 101 Å². The van der Waals surface area contributed by atoms with Crippen LogP contribution in [-0.2, 0) is 69.1 Å². The van der Waals surface area contributed by atoms with Gasteiger partial charge < -0.3 is 75.8 Å². The Hall–Kier alpha value is -12.3. The number of carbonyl (C=O) groups excluding carboxylic acids is 6. The Morgan fingerprint density at radius 3 is 0.729 bits per heavy atom. The number of amides is 4. The third kappa shape index (κ3) is 20.0. The minimum absolute atomic E-state index is 0.0227. The molecule has 0 bridgehead atoms. The molecule has 144 heavy (non-hydrogen) atoms. The van der Waals surface area contributed by atoms with Crippen LogP contribution in [0.3, 0.4) is 0 Å². The molecule has 8 fully saturated rings. The molecule has 8 saturated heterocycles. The van der Waals surface area contributed by atoms with Gasteiger partial charge in [-0.15, -0.1) is 22.7 Å². The maximum atomic E-state index is 17.3. The number of esters is 2. The second-order valence-corrected chi connectivity index (χ2v) is 44.0. The lowest BCUT2D eigenvalue weighted by Gasteiger charge is -2.35. The van der Waals surface area contributed by atoms with Crippen molar-refractivity contribution in [2.45, 2.75) is 138 Å². The van der Waals surface area contributed by atoms with Gasteiger partial charge in [0, 0.05) is 153 Å². The zero-order chi connectivity index (χ0) is 98.9. The Balaban J connectivity index is 0.784. The first-order chi connectivity index (χ1) is 69.6. The number of ether oxygens (including phenoxy) is 16. The van der Waals surface area contributed by atoms with Gasteiger partial charge in [0.1, 0.15) is 46.0 Å². The van der Waals surface area contributed by atoms with E-state index in [1.807, 2.05) is 97.1 Å². The number of para-hydroxylation sites is 4. The van der Waals surface area contributed by atoms with Gasteiger partial charge >= 0.3 is 11.9 Å². The lowest BCUT2D eigenvalue weighted by molar-refractivity contribution is -0.139. The van der Waals surface area contributed by atoms with Gasteiger partial charge in [0.05, 0.1) is 138 Å². The molecule has 0 N–H and O–H groups in total. The minimum atomic E-state index is -1.73. The Morgan fingerprint density at radius 1 is 0.306 bits per heavy atom. The summed E-state index contributed by atoms with van der Waals surface area (Å²) in [6.07, 6.45) is 1.02. The number of carbonyl (C=O) groups is 6. The summed E-state index contributed by atoms with van der Waals surface area (Å²) in [7, 11) is 2.90. The minimum Gasteiger partial charge on any atom is -0.493 e. The number of epoxide rings is 8. The third-order valence-electron chi connectivity index (χ3n) is 29.0. The second-order valence-electron chi connectivity index (χ2n) is 42.1. The molecule has 0 aliphatic carbocycles. The van der Waals surface area contributed by atoms with E-state index in [4.69, 9.17) is 75.8 Å². The second kappa shape index (κ2) is 38.2. The third-order valence-corrected chi connectivity index (χ3v) is 30.8. The normalized spacial score (nSPS) is 20.7. The van der Waals surface area contributed by atoms with E-state index in [1.165, 1.54) is 14.2 Å². The lowest BCUT2D eigenvalue weighted by Crippen LogP contribution is -2.46. The maximum absolute atomic E-state index is 17.3. The molecule has 28 nitrogen and oxygen atoms in total. The highest BCUT2D eigenvalue weighted by Gasteiger charge is 2.51. The van der Waals surface area contributed by atoms with E-state index in [0.717, 1.165) is 107 Å². The van der Waals surface area contributed by atoms with E-state index >= 15 is 28.8 Å². The average molecular weight is 1980 g/mol. The van der Waals surface area contributed by atoms with Crippen LogP contribution < -0.4 is 37.9 Å². The van der Waals surface area contributed by atoms with Crippen molar-refractivity contribution in [3.63, 3.8) is 0 Å². The van der Waals surface area contributed by atoms with Crippen LogP contribution in [0.1, 0.15) is 141 Å². The molecule has 30 heteroatoms. The Labute approximate surface area is 841 Å². The van der Waals surface area contributed by atoms with Crippen molar-refractivity contribution in [2.75, 3.05) is 146 Å². The van der Waals surface area contributed by atoms with Crippen molar-refractivity contribution in [1.82, 2.24) is 29.4 Å². The number of fused-ring (bicyclic) bond motifs is 2. The SMILES string of the molecule is COc1ccccc1OC(=O)C(c1cccs1)N1C(=O)c2cc(Oc3ccc(C(C)(C)CN(CC4CO4)CC4CO4)cc3)c3c4c(Oc5ccc(C(C)(C)CN(CC6CO6)CC6CO6)cc5)cc5c6c(cc(Oc7ccc(C(C)(C)CN(CC8CO8)CC8CO8)cc7)c(c7c(Oc8ccc(C(C)(C)CN(CC9CO9)CC9CO9)cc8)cc(c2c37)C1=O)c64)C(=O)N(C(C(=O)Oc1ccccc1OC)c1cccs1)C5=O. The van der Waals surface area contributed by atoms with E-state index in [2.05, 4.69) is 75.0 Å². The summed E-state index contributed by atoms with van der Waals surface area (Å²) in [5.41, 5.74) is 1.82. The van der Waals surface area contributed by atoms with Crippen molar-refractivity contribution in [1.29, 1.82) is 0 Å². The zero-order valence-corrected chi connectivity index (χ0v) is 83.7. The number of benzene rings is 11. The van der Waals surface area contributed by atoms with Crippen LogP contribution in [0.5, 0.6) is 69.0 Å². The topological polar surface area (TPSA) is 296 Å². The average Bonchev–Trinajstić information content (AvgIpc) is 1.16. The Morgan fingerprint density at radius 2 is 0.528 bits per heavy atom. The highest BCUT2D eigenvalue weighted by molar-refractivity contribution is 7.10. The summed E-state index contributed by atoms with van der Waals surface area (Å²) in [6.45, 7) is 31.8. The first kappa shape index (κ1) is 95.2. The molecule has 0 saturated carbocycles. The van der Waals surface area contributed by atoms with Crippen LogP contribution in [0, 0.1) is 0 Å². The van der Waals surface area contributed by atoms with Crippen molar-refractivity contribution in [3.8, 4) is 69.0 Å². The molecule has 10 unspecified atom stereocenters. The van der Waals surface area contributed by atoms with Crippen molar-refractivity contribution in [2.24, 2.45) is 0 Å². The van der Waals surface area contributed by atoms with Gasteiger partial charge in [0.25, 0.3) is 23.6 Å². The number of hydrogen-bond donors (Lipinski definition) is 0. The number of hydrogen-bond acceptors (Lipinski definition) is 28. The molecule has 10 aliphatic heterocycles. The lowest BCUT2D eigenvalue weighted by atomic mass is 9.80. The van der Waals surface area contributed by atoms with Gasteiger partial charge in [-0.2, -0.15) is 0 Å². The van der Waals surface area contributed by atoms with E-state index in [1.54, 1.807) is 108 Å². The summed E-state index contributed by atoms with van der Waals surface area (Å²) < 4.78 is 101. The van der Waals surface area contributed by atoms with Gasteiger partial charge in [-0.25, -0.2) is 9.59 Å². The fourth-order valence-electron chi connectivity index (χ4n) is 21.2. The first-order valence-corrected chi connectivity index (χ1v) is 51.2. The van der Waals surface area contributed by atoms with E-state index in [-0.39, 0.29) is 160 Å². The fourth-order valence-corrected chi connectivity index (χ4v) is 22.8. The molecule has 11 aromatic carbocycles. The molecular formula is C114H114N6O22S2. The summed E-state index contributed by atoms with van der Waals surface area (Å²) in [4.78, 5) is 113. The molecular weight excluding hydrogens is 1870 g/mol. The highest BCUT2D eigenvalue weighted by atomic mass is 32.1. The molecule has 0 spiro atoms. The molecule has 10 aliphatic rings. The quantitative estimate of drug-likeness (QED) is 0.00855. The van der Waals surface area contributed by atoms with Crippen LogP contribution in [0.25, 0.3) is 43.1 Å². The molecule has 2 aromatic heterocycles. The summed E-state index contributed by atoms with van der Waals surface area (Å²) in [6, 6.07) is 54.3. The standard InChI is InChI=1S/C114H114N6O22S2/c1-111(2,61-115(45-73-53-129-73)46-74-54-130-74)65-23-31-69(32-24-65)137-89-41-81-95-82(106(122)119(105(81)121)103(93-21-15-39-143-93)109(125)141-87-19-13-11-17-85(87)127-9)43-91(139-71-35-27-67(28-36-71)113(5,6)63-117(49-77-57-133-77)50-78-58-134-78)99-100-92(140-72-37-29-68(30-38-72)114(7,8)64-118(51-79-59-135-79)52-80-60-136-80)44-84-96-83(107(123)120(108(84)124)104(94-22-16-40-144-94)110(126)142-88-20-14-12-18-86(88)128-10)42-90(98(102(96)100)97(89)101(95)99)138-70-33-25-66(26-34-70)112(3,4)62-116(47-75-55-131-75)48-76-56-132-76/h11-44,73-80,103-104H,45-64H2,1-10H3. The van der Waals surface area contributed by atoms with E-state index < -0.39 is 69.3 Å². The van der Waals surface area contributed by atoms with Crippen LogP contribution in [0.4, 0.5) is 0 Å². The summed E-state index contributed by atoms with van der Waals surface area (Å²) in [5.74, 6) is -3.70. The molecule has 23 rings (SSSR count). The van der Waals surface area contributed by atoms with Gasteiger partial charge in [0.2, 0.25) is 0 Å². The smallest absolute Gasteiger partial charge is 0.340 e. The van der Waals surface area contributed by atoms with E-state index in [0.29, 0.717) is 112 Å². The Bertz CT molecular complexity index is 6300. The van der Waals surface area contributed by atoms with Crippen LogP contribution in [0.2, 0.25) is 0 Å².